The van der Waals surface area contributed by atoms with Crippen molar-refractivity contribution in [1.82, 2.24) is 5.16 Å². The molecule has 0 saturated carbocycles. The minimum Gasteiger partial charge on any atom is -0.476 e. The normalized spacial score (nSPS) is 9.86. The fourth-order valence-electron chi connectivity index (χ4n) is 0.962. The lowest BCUT2D eigenvalue weighted by molar-refractivity contribution is 0.0513. The minimum absolute atomic E-state index is 0.126. The lowest BCUT2D eigenvalue weighted by atomic mass is 10.2. The van der Waals surface area contributed by atoms with Gasteiger partial charge in [0.1, 0.15) is 11.3 Å². The van der Waals surface area contributed by atoms with E-state index in [0.29, 0.717) is 0 Å². The Kier molecular flexibility index (Phi) is 2.85. The van der Waals surface area contributed by atoms with Crippen molar-refractivity contribution < 1.29 is 24.0 Å². The smallest absolute Gasteiger partial charge is 0.359 e. The van der Waals surface area contributed by atoms with E-state index in [9.17, 15) is 9.59 Å². The molecule has 0 unspecified atom stereocenters. The lowest BCUT2D eigenvalue weighted by Gasteiger charge is -1.99. The molecule has 1 aromatic heterocycles. The van der Waals surface area contributed by atoms with Crippen LogP contribution in [-0.4, -0.2) is 28.8 Å². The van der Waals surface area contributed by atoms with Gasteiger partial charge in [0.05, 0.1) is 6.61 Å². The second-order valence-corrected chi connectivity index (χ2v) is 2.49. The first-order chi connectivity index (χ1) is 6.57. The van der Waals surface area contributed by atoms with Crippen LogP contribution in [0.25, 0.3) is 0 Å². The quantitative estimate of drug-likeness (QED) is 0.726. The van der Waals surface area contributed by atoms with Gasteiger partial charge in [-0.2, -0.15) is 0 Å². The number of hydrogen-bond donors (Lipinski definition) is 1. The number of carboxylic acid groups (broad SMARTS) is 1. The zero-order chi connectivity index (χ0) is 10.7. The predicted molar refractivity (Wildman–Crippen MR) is 44.2 cm³/mol. The maximum atomic E-state index is 11.3. The highest BCUT2D eigenvalue weighted by Crippen LogP contribution is 2.14. The first kappa shape index (κ1) is 10.2. The number of rotatable bonds is 3. The summed E-state index contributed by atoms with van der Waals surface area (Å²) < 4.78 is 9.25. The summed E-state index contributed by atoms with van der Waals surface area (Å²) in [5, 5.41) is 11.9. The number of aromatic carboxylic acids is 1. The summed E-state index contributed by atoms with van der Waals surface area (Å²) in [6, 6.07) is 0. The number of carbonyl (C=O) groups is 2. The van der Waals surface area contributed by atoms with Crippen LogP contribution in [0.15, 0.2) is 4.52 Å². The Labute approximate surface area is 79.5 Å². The van der Waals surface area contributed by atoms with Crippen molar-refractivity contribution in [2.24, 2.45) is 0 Å². The Morgan fingerprint density at radius 2 is 2.21 bits per heavy atom. The lowest BCUT2D eigenvalue weighted by Crippen LogP contribution is -2.11. The molecule has 0 radical (unpaired) electrons. The molecule has 6 heteroatoms. The summed E-state index contributed by atoms with van der Waals surface area (Å²) in [6.07, 6.45) is 0. The van der Waals surface area contributed by atoms with Crippen LogP contribution in [0.4, 0.5) is 0 Å². The number of nitrogens with zero attached hydrogens (tertiary/aromatic N) is 1. The van der Waals surface area contributed by atoms with Crippen LogP contribution in [0, 0.1) is 6.92 Å². The van der Waals surface area contributed by atoms with Crippen molar-refractivity contribution in [3.63, 3.8) is 0 Å². The number of esters is 1. The first-order valence-electron chi connectivity index (χ1n) is 3.94. The molecule has 0 fully saturated rings. The van der Waals surface area contributed by atoms with Crippen LogP contribution in [0.1, 0.15) is 33.5 Å². The summed E-state index contributed by atoms with van der Waals surface area (Å²) in [5.74, 6) is -1.91. The molecule has 0 amide bonds. The average molecular weight is 199 g/mol. The number of aromatic nitrogens is 1. The third kappa shape index (κ3) is 1.73. The number of carboxylic acids is 1. The van der Waals surface area contributed by atoms with Crippen molar-refractivity contribution >= 4 is 11.9 Å². The van der Waals surface area contributed by atoms with Crippen LogP contribution < -0.4 is 0 Å². The summed E-state index contributed by atoms with van der Waals surface area (Å²) >= 11 is 0. The van der Waals surface area contributed by atoms with E-state index in [-0.39, 0.29) is 17.9 Å². The fourth-order valence-corrected chi connectivity index (χ4v) is 0.962. The van der Waals surface area contributed by atoms with Crippen molar-refractivity contribution in [3.05, 3.63) is 17.0 Å². The molecule has 0 saturated heterocycles. The fraction of sp³-hybridized carbons (Fsp3) is 0.375. The molecule has 1 rings (SSSR count). The van der Waals surface area contributed by atoms with Gasteiger partial charge in [-0.15, -0.1) is 0 Å². The third-order valence-corrected chi connectivity index (χ3v) is 1.54. The molecule has 0 aliphatic carbocycles. The highest BCUT2D eigenvalue weighted by molar-refractivity contribution is 6.01. The van der Waals surface area contributed by atoms with Gasteiger partial charge in [0.2, 0.25) is 5.69 Å². The van der Waals surface area contributed by atoms with Crippen LogP contribution >= 0.6 is 0 Å². The Balaban J connectivity index is 3.11. The van der Waals surface area contributed by atoms with Gasteiger partial charge in [-0.1, -0.05) is 5.16 Å². The molecule has 6 nitrogen and oxygen atoms in total. The molecule has 1 N–H and O–H groups in total. The molecule has 0 atom stereocenters. The average Bonchev–Trinajstić information content (AvgIpc) is 2.47. The largest absolute Gasteiger partial charge is 0.476 e. The van der Waals surface area contributed by atoms with Crippen LogP contribution in [0.3, 0.4) is 0 Å². The molecular weight excluding hydrogens is 190 g/mol. The number of ether oxygens (including phenoxy) is 1. The second kappa shape index (κ2) is 3.91. The van der Waals surface area contributed by atoms with Gasteiger partial charge < -0.3 is 14.4 Å². The zero-order valence-corrected chi connectivity index (χ0v) is 7.73. The van der Waals surface area contributed by atoms with Gasteiger partial charge in [0, 0.05) is 0 Å². The molecule has 0 bridgehead atoms. The van der Waals surface area contributed by atoms with Crippen LogP contribution in [0.5, 0.6) is 0 Å². The van der Waals surface area contributed by atoms with Gasteiger partial charge in [-0.25, -0.2) is 9.59 Å². The van der Waals surface area contributed by atoms with E-state index < -0.39 is 17.6 Å². The zero-order valence-electron chi connectivity index (χ0n) is 7.73. The van der Waals surface area contributed by atoms with Crippen molar-refractivity contribution in [3.8, 4) is 0 Å². The number of aryl methyl sites for hydroxylation is 1. The predicted octanol–water partition coefficient (Wildman–Crippen LogP) is 0.858. The van der Waals surface area contributed by atoms with Crippen molar-refractivity contribution in [1.29, 1.82) is 0 Å². The maximum absolute atomic E-state index is 11.3. The molecule has 0 spiro atoms. The minimum atomic E-state index is -1.31. The first-order valence-corrected chi connectivity index (χ1v) is 3.94. The monoisotopic (exact) mass is 199 g/mol. The van der Waals surface area contributed by atoms with Gasteiger partial charge in [0.15, 0.2) is 0 Å². The van der Waals surface area contributed by atoms with Crippen molar-refractivity contribution in [2.75, 3.05) is 6.61 Å². The van der Waals surface area contributed by atoms with E-state index in [4.69, 9.17) is 5.11 Å². The molecule has 0 aromatic carbocycles. The molecular formula is C8H9NO5. The van der Waals surface area contributed by atoms with Gasteiger partial charge in [-0.3, -0.25) is 0 Å². The van der Waals surface area contributed by atoms with Crippen LogP contribution in [0.2, 0.25) is 0 Å². The van der Waals surface area contributed by atoms with E-state index in [2.05, 4.69) is 14.4 Å². The SMILES string of the molecule is CCOC(=O)c1c(C(=O)O)noc1C. The van der Waals surface area contributed by atoms with Gasteiger partial charge in [-0.05, 0) is 13.8 Å². The molecule has 76 valence electrons. The Morgan fingerprint density at radius 3 is 2.71 bits per heavy atom. The van der Waals surface area contributed by atoms with Gasteiger partial charge in [0.25, 0.3) is 0 Å². The van der Waals surface area contributed by atoms with Crippen molar-refractivity contribution in [2.45, 2.75) is 13.8 Å². The highest BCUT2D eigenvalue weighted by Gasteiger charge is 2.25. The second-order valence-electron chi connectivity index (χ2n) is 2.49. The van der Waals surface area contributed by atoms with E-state index in [0.717, 1.165) is 0 Å². The van der Waals surface area contributed by atoms with Gasteiger partial charge >= 0.3 is 11.9 Å². The molecule has 1 heterocycles. The molecule has 0 aliphatic heterocycles. The summed E-state index contributed by atoms with van der Waals surface area (Å²) in [4.78, 5) is 21.9. The van der Waals surface area contributed by atoms with E-state index in [1.807, 2.05) is 0 Å². The Hall–Kier alpha value is -1.85. The Morgan fingerprint density at radius 1 is 1.57 bits per heavy atom. The van der Waals surface area contributed by atoms with E-state index >= 15 is 0 Å². The van der Waals surface area contributed by atoms with Crippen LogP contribution in [-0.2, 0) is 4.74 Å². The van der Waals surface area contributed by atoms with E-state index in [1.54, 1.807) is 6.92 Å². The number of hydrogen-bond acceptors (Lipinski definition) is 5. The molecule has 1 aromatic rings. The molecule has 0 aliphatic rings. The maximum Gasteiger partial charge on any atom is 0.359 e. The van der Waals surface area contributed by atoms with E-state index in [1.165, 1.54) is 6.92 Å². The molecule has 14 heavy (non-hydrogen) atoms. The summed E-state index contributed by atoms with van der Waals surface area (Å²) in [7, 11) is 0. The third-order valence-electron chi connectivity index (χ3n) is 1.54. The highest BCUT2D eigenvalue weighted by atomic mass is 16.5. The summed E-state index contributed by atoms with van der Waals surface area (Å²) in [5.41, 5.74) is -0.541. The topological polar surface area (TPSA) is 89.6 Å². The standard InChI is InChI=1S/C8H9NO5/c1-3-13-8(12)5-4(2)14-9-6(5)7(10)11/h3H2,1-2H3,(H,10,11). The summed E-state index contributed by atoms with van der Waals surface area (Å²) in [6.45, 7) is 3.25. The Bertz CT molecular complexity index is 368. The number of carbonyl (C=O) groups excluding carboxylic acids is 1.